The van der Waals surface area contributed by atoms with E-state index in [-0.39, 0.29) is 17.8 Å². The predicted molar refractivity (Wildman–Crippen MR) is 138 cm³/mol. The fraction of sp³-hybridized carbons (Fsp3) is 0.464. The number of imidazole rings is 1. The lowest BCUT2D eigenvalue weighted by Crippen LogP contribution is -2.42. The number of carbonyl (C=O) groups is 2. The largest absolute Gasteiger partial charge is 0.494 e. The van der Waals surface area contributed by atoms with Crippen LogP contribution in [0.25, 0.3) is 11.0 Å². The number of aliphatic carboxylic acids is 1. The summed E-state index contributed by atoms with van der Waals surface area (Å²) in [5.74, 6) is -1.55. The van der Waals surface area contributed by atoms with E-state index in [4.69, 9.17) is 14.5 Å². The summed E-state index contributed by atoms with van der Waals surface area (Å²) in [5.41, 5.74) is 3.27. The van der Waals surface area contributed by atoms with Gasteiger partial charge in [-0.15, -0.1) is 0 Å². The lowest BCUT2D eigenvalue weighted by Gasteiger charge is -2.34. The Bertz CT molecular complexity index is 1390. The highest BCUT2D eigenvalue weighted by molar-refractivity contribution is 5.95. The van der Waals surface area contributed by atoms with E-state index in [9.17, 15) is 24.2 Å². The Morgan fingerprint density at radius 2 is 1.95 bits per heavy atom. The molecule has 0 spiro atoms. The van der Waals surface area contributed by atoms with E-state index >= 15 is 0 Å². The van der Waals surface area contributed by atoms with Crippen LogP contribution in [0, 0.1) is 11.7 Å². The average Bonchev–Trinajstić information content (AvgIpc) is 3.32. The van der Waals surface area contributed by atoms with Crippen molar-refractivity contribution >= 4 is 28.8 Å². The van der Waals surface area contributed by atoms with Crippen LogP contribution < -0.4 is 9.64 Å². The second-order valence-electron chi connectivity index (χ2n) is 10.2. The molecule has 5 rings (SSSR count). The van der Waals surface area contributed by atoms with E-state index < -0.39 is 29.9 Å². The fourth-order valence-corrected chi connectivity index (χ4v) is 5.99. The van der Waals surface area contributed by atoms with E-state index in [1.807, 2.05) is 23.6 Å². The molecular weight excluding hydrogens is 493 g/mol. The molecule has 202 valence electrons. The van der Waals surface area contributed by atoms with Crippen molar-refractivity contribution in [2.24, 2.45) is 5.92 Å². The number of hydrogen-bond acceptors (Lipinski definition) is 6. The molecule has 1 fully saturated rings. The summed E-state index contributed by atoms with van der Waals surface area (Å²) < 4.78 is 26.5. The van der Waals surface area contributed by atoms with Crippen molar-refractivity contribution in [3.05, 3.63) is 53.1 Å². The molecule has 0 radical (unpaired) electrons. The van der Waals surface area contributed by atoms with Gasteiger partial charge in [-0.2, -0.15) is 0 Å². The zero-order chi connectivity index (χ0) is 27.1. The Balaban J connectivity index is 1.69. The normalized spacial score (nSPS) is 22.1. The van der Waals surface area contributed by atoms with Crippen LogP contribution in [0.2, 0.25) is 0 Å². The summed E-state index contributed by atoms with van der Waals surface area (Å²) in [7, 11) is 2.72. The third-order valence-electron chi connectivity index (χ3n) is 7.95. The fourth-order valence-electron chi connectivity index (χ4n) is 5.99. The van der Waals surface area contributed by atoms with Crippen molar-refractivity contribution in [3.8, 4) is 5.75 Å². The number of aryl methyl sites for hydroxylation is 1. The van der Waals surface area contributed by atoms with Gasteiger partial charge in [0.2, 0.25) is 0 Å². The first-order chi connectivity index (χ1) is 18.2. The molecule has 0 bridgehead atoms. The van der Waals surface area contributed by atoms with E-state index in [0.717, 1.165) is 23.9 Å². The molecule has 2 heterocycles. The summed E-state index contributed by atoms with van der Waals surface area (Å²) in [6.07, 6.45) is 2.13. The number of benzene rings is 2. The molecule has 38 heavy (non-hydrogen) atoms. The Labute approximate surface area is 219 Å². The molecule has 1 amide bonds. The maximum absolute atomic E-state index is 14.6. The van der Waals surface area contributed by atoms with E-state index in [1.165, 1.54) is 26.4 Å². The molecule has 1 saturated carbocycles. The standard InChI is InChI=1S/C28H32FN3O6/c1-15-7-9-19-21(31(15)28(36)38-3)10-11-22-24(19)30-26(25(33)16-8-12-23(37-2)20(29)14-16)32(22)18-6-4-5-17(13-18)27(34)35/h8,10-12,14-15,17-18,25,33H,4-7,9,13H2,1-3H3,(H,34,35)/t15-,17?,18?,25?/m0/s1. The number of aromatic nitrogens is 2. The van der Waals surface area contributed by atoms with Gasteiger partial charge in [0.15, 0.2) is 11.6 Å². The molecule has 1 aliphatic heterocycles. The quantitative estimate of drug-likeness (QED) is 0.482. The monoisotopic (exact) mass is 525 g/mol. The number of carboxylic acids is 1. The maximum atomic E-state index is 14.6. The SMILES string of the molecule is COC(=O)N1c2ccc3c(nc(C(O)c4ccc(OC)c(F)c4)n3C3CCCC(C(=O)O)C3)c2CC[C@@H]1C. The molecule has 4 atom stereocenters. The van der Waals surface area contributed by atoms with Crippen LogP contribution in [0.15, 0.2) is 30.3 Å². The molecule has 3 aromatic rings. The highest BCUT2D eigenvalue weighted by Crippen LogP contribution is 2.42. The van der Waals surface area contributed by atoms with Crippen LogP contribution in [-0.2, 0) is 16.0 Å². The average molecular weight is 526 g/mol. The van der Waals surface area contributed by atoms with Gasteiger partial charge < -0.3 is 24.3 Å². The zero-order valence-electron chi connectivity index (χ0n) is 21.7. The van der Waals surface area contributed by atoms with E-state index in [2.05, 4.69) is 0 Å². The minimum Gasteiger partial charge on any atom is -0.494 e. The highest BCUT2D eigenvalue weighted by atomic mass is 19.1. The maximum Gasteiger partial charge on any atom is 0.414 e. The second kappa shape index (κ2) is 10.2. The number of ether oxygens (including phenoxy) is 2. The summed E-state index contributed by atoms with van der Waals surface area (Å²) in [6.45, 7) is 1.96. The number of carbonyl (C=O) groups excluding carboxylic acids is 1. The van der Waals surface area contributed by atoms with Gasteiger partial charge in [-0.3, -0.25) is 9.69 Å². The topological polar surface area (TPSA) is 114 Å². The number of carboxylic acid groups (broad SMARTS) is 1. The molecular formula is C28H32FN3O6. The number of hydrogen-bond donors (Lipinski definition) is 2. The summed E-state index contributed by atoms with van der Waals surface area (Å²) in [6, 6.07) is 7.74. The van der Waals surface area contributed by atoms with Gasteiger partial charge >= 0.3 is 12.1 Å². The van der Waals surface area contributed by atoms with Gasteiger partial charge in [-0.05, 0) is 68.9 Å². The number of fused-ring (bicyclic) bond motifs is 3. The summed E-state index contributed by atoms with van der Waals surface area (Å²) in [5, 5.41) is 21.2. The van der Waals surface area contributed by atoms with Gasteiger partial charge in [-0.1, -0.05) is 12.5 Å². The molecule has 1 aromatic heterocycles. The van der Waals surface area contributed by atoms with Crippen molar-refractivity contribution in [1.82, 2.24) is 9.55 Å². The smallest absolute Gasteiger partial charge is 0.414 e. The Morgan fingerprint density at radius 3 is 2.63 bits per heavy atom. The third-order valence-corrected chi connectivity index (χ3v) is 7.95. The highest BCUT2D eigenvalue weighted by Gasteiger charge is 2.35. The zero-order valence-corrected chi connectivity index (χ0v) is 21.7. The van der Waals surface area contributed by atoms with Crippen LogP contribution in [-0.4, -0.2) is 52.1 Å². The van der Waals surface area contributed by atoms with E-state index in [0.29, 0.717) is 48.3 Å². The lowest BCUT2D eigenvalue weighted by atomic mass is 9.85. The van der Waals surface area contributed by atoms with Gasteiger partial charge in [0.25, 0.3) is 0 Å². The number of anilines is 1. The van der Waals surface area contributed by atoms with Crippen molar-refractivity contribution in [1.29, 1.82) is 0 Å². The number of aliphatic hydroxyl groups is 1. The van der Waals surface area contributed by atoms with Crippen LogP contribution >= 0.6 is 0 Å². The van der Waals surface area contributed by atoms with Crippen LogP contribution in [0.3, 0.4) is 0 Å². The molecule has 2 aliphatic rings. The molecule has 2 N–H and O–H groups in total. The molecule has 3 unspecified atom stereocenters. The molecule has 0 saturated heterocycles. The first kappa shape index (κ1) is 26.0. The Morgan fingerprint density at radius 1 is 1.16 bits per heavy atom. The lowest BCUT2D eigenvalue weighted by molar-refractivity contribution is -0.143. The van der Waals surface area contributed by atoms with Crippen LogP contribution in [0.5, 0.6) is 5.75 Å². The number of nitrogens with zero attached hydrogens (tertiary/aromatic N) is 3. The van der Waals surface area contributed by atoms with Crippen molar-refractivity contribution in [3.63, 3.8) is 0 Å². The van der Waals surface area contributed by atoms with E-state index in [1.54, 1.807) is 11.0 Å². The first-order valence-electron chi connectivity index (χ1n) is 12.9. The van der Waals surface area contributed by atoms with Gasteiger partial charge in [0.1, 0.15) is 11.9 Å². The van der Waals surface area contributed by atoms with Gasteiger partial charge in [0.05, 0.1) is 36.9 Å². The minimum atomic E-state index is -1.26. The first-order valence-corrected chi connectivity index (χ1v) is 12.9. The number of rotatable bonds is 5. The Kier molecular flexibility index (Phi) is 7.00. The number of halogens is 1. The molecule has 2 aromatic carbocycles. The summed E-state index contributed by atoms with van der Waals surface area (Å²) in [4.78, 5) is 31.0. The molecule has 1 aliphatic carbocycles. The number of amides is 1. The van der Waals surface area contributed by atoms with Crippen molar-refractivity contribution in [2.45, 2.75) is 63.6 Å². The summed E-state index contributed by atoms with van der Waals surface area (Å²) >= 11 is 0. The predicted octanol–water partition coefficient (Wildman–Crippen LogP) is 4.99. The van der Waals surface area contributed by atoms with Crippen LogP contribution in [0.4, 0.5) is 14.9 Å². The van der Waals surface area contributed by atoms with Gasteiger partial charge in [-0.25, -0.2) is 14.2 Å². The molecule has 10 heteroatoms. The minimum absolute atomic E-state index is 0.0588. The number of aliphatic hydroxyl groups excluding tert-OH is 1. The molecule has 9 nitrogen and oxygen atoms in total. The van der Waals surface area contributed by atoms with Crippen molar-refractivity contribution in [2.75, 3.05) is 19.1 Å². The Hall–Kier alpha value is -3.66. The van der Waals surface area contributed by atoms with Crippen LogP contribution in [0.1, 0.15) is 68.1 Å². The van der Waals surface area contributed by atoms with Gasteiger partial charge in [0, 0.05) is 17.6 Å². The second-order valence-corrected chi connectivity index (χ2v) is 10.2. The third kappa shape index (κ3) is 4.36. The van der Waals surface area contributed by atoms with Crippen molar-refractivity contribution < 1.29 is 33.7 Å². The number of methoxy groups -OCH3 is 2.